The maximum atomic E-state index is 11.8. The molecule has 1 N–H and O–H groups in total. The molecular formula is C17H18N2O5S. The lowest BCUT2D eigenvalue weighted by Gasteiger charge is -2.08. The van der Waals surface area contributed by atoms with Crippen LogP contribution >= 0.6 is 11.3 Å². The lowest BCUT2D eigenvalue weighted by molar-refractivity contribution is -0.142. The Balaban J connectivity index is 2.07. The largest absolute Gasteiger partial charge is 0.497 e. The maximum absolute atomic E-state index is 11.8. The predicted molar refractivity (Wildman–Crippen MR) is 95.1 cm³/mol. The van der Waals surface area contributed by atoms with Crippen molar-refractivity contribution in [2.75, 3.05) is 26.1 Å². The minimum absolute atomic E-state index is 0.374. The number of amides is 1. The Hall–Kier alpha value is -2.87. The minimum atomic E-state index is -0.571. The van der Waals surface area contributed by atoms with E-state index in [0.717, 1.165) is 5.56 Å². The van der Waals surface area contributed by atoms with E-state index in [1.54, 1.807) is 44.7 Å². The van der Waals surface area contributed by atoms with E-state index >= 15 is 0 Å². The summed E-state index contributed by atoms with van der Waals surface area (Å²) in [4.78, 5) is 27.4. The number of methoxy groups -OCH3 is 2. The van der Waals surface area contributed by atoms with Crippen molar-refractivity contribution in [1.82, 2.24) is 4.98 Å². The molecule has 0 atom stereocenters. The maximum Gasteiger partial charge on any atom is 0.330 e. The van der Waals surface area contributed by atoms with Gasteiger partial charge in [0.2, 0.25) is 0 Å². The van der Waals surface area contributed by atoms with Crippen LogP contribution in [0.1, 0.15) is 6.92 Å². The summed E-state index contributed by atoms with van der Waals surface area (Å²) in [6.45, 7) is 1.31. The van der Waals surface area contributed by atoms with Gasteiger partial charge in [0, 0.05) is 17.0 Å². The number of thiazole rings is 1. The fourth-order valence-corrected chi connectivity index (χ4v) is 2.67. The summed E-state index contributed by atoms with van der Waals surface area (Å²) in [5, 5.41) is 4.78. The van der Waals surface area contributed by atoms with Gasteiger partial charge in [0.15, 0.2) is 11.7 Å². The van der Waals surface area contributed by atoms with Crippen LogP contribution in [0.3, 0.4) is 0 Å². The van der Waals surface area contributed by atoms with Crippen LogP contribution in [0.5, 0.6) is 11.5 Å². The molecule has 0 saturated carbocycles. The van der Waals surface area contributed by atoms with E-state index in [9.17, 15) is 9.59 Å². The van der Waals surface area contributed by atoms with Crippen molar-refractivity contribution in [2.24, 2.45) is 0 Å². The van der Waals surface area contributed by atoms with Gasteiger partial charge in [-0.25, -0.2) is 9.78 Å². The highest BCUT2D eigenvalue weighted by molar-refractivity contribution is 7.14. The Morgan fingerprint density at radius 1 is 1.28 bits per heavy atom. The van der Waals surface area contributed by atoms with Crippen molar-refractivity contribution in [1.29, 1.82) is 0 Å². The molecule has 0 saturated heterocycles. The Kier molecular flexibility index (Phi) is 6.53. The van der Waals surface area contributed by atoms with Crippen molar-refractivity contribution < 1.29 is 23.8 Å². The number of nitrogens with zero attached hydrogens (tertiary/aromatic N) is 1. The second-order valence-corrected chi connectivity index (χ2v) is 5.62. The summed E-state index contributed by atoms with van der Waals surface area (Å²) in [6.07, 6.45) is 2.78. The van der Waals surface area contributed by atoms with Gasteiger partial charge in [-0.15, -0.1) is 11.3 Å². The van der Waals surface area contributed by atoms with E-state index in [1.807, 2.05) is 0 Å². The zero-order chi connectivity index (χ0) is 18.2. The van der Waals surface area contributed by atoms with Crippen LogP contribution in [-0.4, -0.2) is 37.7 Å². The molecule has 0 unspecified atom stereocenters. The Morgan fingerprint density at radius 2 is 2.08 bits per heavy atom. The lowest BCUT2D eigenvalue weighted by Crippen LogP contribution is -2.20. The summed E-state index contributed by atoms with van der Waals surface area (Å²) in [5.74, 6) is 0.282. The van der Waals surface area contributed by atoms with Crippen molar-refractivity contribution in [3.63, 3.8) is 0 Å². The average molecular weight is 362 g/mol. The van der Waals surface area contributed by atoms with E-state index in [4.69, 9.17) is 14.2 Å². The first-order valence-corrected chi connectivity index (χ1v) is 8.22. The molecule has 0 aliphatic heterocycles. The summed E-state index contributed by atoms with van der Waals surface area (Å²) in [7, 11) is 3.15. The van der Waals surface area contributed by atoms with Crippen LogP contribution in [0.2, 0.25) is 0 Å². The molecule has 7 nitrogen and oxygen atoms in total. The Morgan fingerprint density at radius 3 is 2.76 bits per heavy atom. The van der Waals surface area contributed by atoms with Gasteiger partial charge in [-0.05, 0) is 25.1 Å². The summed E-state index contributed by atoms with van der Waals surface area (Å²) >= 11 is 1.26. The second kappa shape index (κ2) is 8.84. The van der Waals surface area contributed by atoms with Crippen LogP contribution in [0, 0.1) is 0 Å². The van der Waals surface area contributed by atoms with Crippen LogP contribution in [0.25, 0.3) is 11.3 Å². The Labute approximate surface area is 149 Å². The highest BCUT2D eigenvalue weighted by atomic mass is 32.1. The van der Waals surface area contributed by atoms with Crippen LogP contribution < -0.4 is 14.8 Å². The molecule has 25 heavy (non-hydrogen) atoms. The molecule has 8 heteroatoms. The fraction of sp³-hybridized carbons (Fsp3) is 0.235. The molecule has 0 aliphatic rings. The molecule has 1 aromatic heterocycles. The summed E-state index contributed by atoms with van der Waals surface area (Å²) in [5.41, 5.74) is 1.39. The number of benzene rings is 1. The topological polar surface area (TPSA) is 86.8 Å². The van der Waals surface area contributed by atoms with Gasteiger partial charge in [0.25, 0.3) is 5.91 Å². The van der Waals surface area contributed by atoms with E-state index in [-0.39, 0.29) is 6.61 Å². The molecule has 0 radical (unpaired) electrons. The number of esters is 1. The normalized spacial score (nSPS) is 10.5. The van der Waals surface area contributed by atoms with Gasteiger partial charge in [-0.2, -0.15) is 0 Å². The third-order valence-corrected chi connectivity index (χ3v) is 3.84. The first-order chi connectivity index (χ1) is 12.1. The SMILES string of the molecule is C/C=C/C(=O)OCC(=O)Nc1nc(-c2cc(OC)ccc2OC)cs1. The minimum Gasteiger partial charge on any atom is -0.497 e. The molecule has 2 aromatic rings. The van der Waals surface area contributed by atoms with Crippen molar-refractivity contribution >= 4 is 28.3 Å². The first-order valence-electron chi connectivity index (χ1n) is 7.34. The highest BCUT2D eigenvalue weighted by Crippen LogP contribution is 2.34. The fourth-order valence-electron chi connectivity index (χ4n) is 1.95. The highest BCUT2D eigenvalue weighted by Gasteiger charge is 2.13. The van der Waals surface area contributed by atoms with Gasteiger partial charge in [0.05, 0.1) is 19.9 Å². The standard InChI is InChI=1S/C17H18N2O5S/c1-4-5-16(21)24-9-15(20)19-17-18-13(10-25-17)12-8-11(22-2)6-7-14(12)23-3/h4-8,10H,9H2,1-3H3,(H,18,19,20)/b5-4+. The zero-order valence-corrected chi connectivity index (χ0v) is 14.9. The van der Waals surface area contributed by atoms with Gasteiger partial charge >= 0.3 is 5.97 Å². The number of hydrogen-bond acceptors (Lipinski definition) is 7. The lowest BCUT2D eigenvalue weighted by atomic mass is 10.1. The van der Waals surface area contributed by atoms with E-state index in [2.05, 4.69) is 10.3 Å². The average Bonchev–Trinajstić information content (AvgIpc) is 3.08. The van der Waals surface area contributed by atoms with Crippen LogP contribution in [-0.2, 0) is 14.3 Å². The first kappa shape index (κ1) is 18.5. The van der Waals surface area contributed by atoms with Crippen molar-refractivity contribution in [3.05, 3.63) is 35.7 Å². The van der Waals surface area contributed by atoms with Gasteiger partial charge in [-0.3, -0.25) is 10.1 Å². The number of aromatic nitrogens is 1. The van der Waals surface area contributed by atoms with Gasteiger partial charge in [0.1, 0.15) is 11.5 Å². The number of carbonyl (C=O) groups excluding carboxylic acids is 2. The van der Waals surface area contributed by atoms with Crippen molar-refractivity contribution in [2.45, 2.75) is 6.92 Å². The predicted octanol–water partition coefficient (Wildman–Crippen LogP) is 2.89. The number of ether oxygens (including phenoxy) is 3. The summed E-state index contributed by atoms with van der Waals surface area (Å²) in [6, 6.07) is 5.38. The number of hydrogen-bond donors (Lipinski definition) is 1. The molecule has 2 rings (SSSR count). The summed E-state index contributed by atoms with van der Waals surface area (Å²) < 4.78 is 15.3. The number of carbonyl (C=O) groups is 2. The molecule has 1 heterocycles. The molecule has 0 bridgehead atoms. The molecule has 132 valence electrons. The van der Waals surface area contributed by atoms with E-state index in [1.165, 1.54) is 23.5 Å². The van der Waals surface area contributed by atoms with Crippen LogP contribution in [0.15, 0.2) is 35.7 Å². The monoisotopic (exact) mass is 362 g/mol. The Bertz CT molecular complexity index is 785. The third-order valence-electron chi connectivity index (χ3n) is 3.08. The zero-order valence-electron chi connectivity index (χ0n) is 14.1. The van der Waals surface area contributed by atoms with Crippen LogP contribution in [0.4, 0.5) is 5.13 Å². The second-order valence-electron chi connectivity index (χ2n) is 4.76. The third kappa shape index (κ3) is 5.05. The number of rotatable bonds is 7. The smallest absolute Gasteiger partial charge is 0.330 e. The number of nitrogens with one attached hydrogen (secondary N) is 1. The van der Waals surface area contributed by atoms with E-state index in [0.29, 0.717) is 22.3 Å². The van der Waals surface area contributed by atoms with E-state index < -0.39 is 11.9 Å². The van der Waals surface area contributed by atoms with Gasteiger partial charge < -0.3 is 14.2 Å². The molecule has 0 aliphatic carbocycles. The van der Waals surface area contributed by atoms with Gasteiger partial charge in [-0.1, -0.05) is 6.08 Å². The molecule has 1 amide bonds. The molecular weight excluding hydrogens is 344 g/mol. The molecule has 0 fully saturated rings. The number of anilines is 1. The number of allylic oxidation sites excluding steroid dienone is 1. The van der Waals surface area contributed by atoms with Crippen molar-refractivity contribution in [3.8, 4) is 22.8 Å². The molecule has 0 spiro atoms. The molecule has 1 aromatic carbocycles. The quantitative estimate of drug-likeness (QED) is 0.602.